The van der Waals surface area contributed by atoms with E-state index in [1.165, 1.54) is 31.3 Å². The van der Waals surface area contributed by atoms with Crippen molar-refractivity contribution in [2.45, 2.75) is 12.5 Å². The van der Waals surface area contributed by atoms with Gasteiger partial charge in [-0.2, -0.15) is 0 Å². The summed E-state index contributed by atoms with van der Waals surface area (Å²) in [6.45, 7) is 0. The van der Waals surface area contributed by atoms with Gasteiger partial charge in [-0.3, -0.25) is 4.79 Å². The third kappa shape index (κ3) is 4.80. The molecule has 0 bridgehead atoms. The van der Waals surface area contributed by atoms with E-state index in [1.54, 1.807) is 0 Å². The predicted molar refractivity (Wildman–Crippen MR) is 65.8 cm³/mol. The van der Waals surface area contributed by atoms with Crippen LogP contribution in [0.3, 0.4) is 0 Å². The van der Waals surface area contributed by atoms with Crippen molar-refractivity contribution in [3.63, 3.8) is 0 Å². The summed E-state index contributed by atoms with van der Waals surface area (Å²) >= 11 is 0. The predicted octanol–water partition coefficient (Wildman–Crippen LogP) is 0.552. The third-order valence-electron chi connectivity index (χ3n) is 2.30. The molecule has 1 aromatic carbocycles. The van der Waals surface area contributed by atoms with Gasteiger partial charge in [-0.25, -0.2) is 17.5 Å². The molecule has 1 rings (SSSR count). The van der Waals surface area contributed by atoms with Gasteiger partial charge in [0.2, 0.25) is 15.9 Å². The van der Waals surface area contributed by atoms with Crippen LogP contribution in [0.4, 0.5) is 4.39 Å². The maximum atomic E-state index is 12.8. The molecule has 0 aliphatic rings. The Morgan fingerprint density at radius 1 is 1.33 bits per heavy atom. The van der Waals surface area contributed by atoms with Gasteiger partial charge in [0.05, 0.1) is 12.3 Å². The maximum absolute atomic E-state index is 12.8. The standard InChI is InChI=1S/C11H15FN2O3S/c1-13-11(15)7-10(14-18(2,16)17)8-3-5-9(12)6-4-8/h3-6,10,14H,7H2,1-2H3,(H,13,15)/t10-/m1/s1. The minimum atomic E-state index is -3.46. The Bertz CT molecular complexity index is 514. The zero-order valence-corrected chi connectivity index (χ0v) is 10.9. The molecular weight excluding hydrogens is 259 g/mol. The highest BCUT2D eigenvalue weighted by Crippen LogP contribution is 2.18. The molecule has 0 radical (unpaired) electrons. The van der Waals surface area contributed by atoms with Gasteiger partial charge in [-0.05, 0) is 17.7 Å². The van der Waals surface area contributed by atoms with Crippen LogP contribution in [0.15, 0.2) is 24.3 Å². The fourth-order valence-corrected chi connectivity index (χ4v) is 2.20. The minimum absolute atomic E-state index is 0.0464. The Morgan fingerprint density at radius 2 is 1.89 bits per heavy atom. The summed E-state index contributed by atoms with van der Waals surface area (Å²) < 4.78 is 37.6. The summed E-state index contributed by atoms with van der Waals surface area (Å²) in [7, 11) is -2.00. The number of halogens is 1. The van der Waals surface area contributed by atoms with E-state index >= 15 is 0 Å². The molecule has 0 aliphatic carbocycles. The third-order valence-corrected chi connectivity index (χ3v) is 3.01. The van der Waals surface area contributed by atoms with E-state index in [-0.39, 0.29) is 12.3 Å². The van der Waals surface area contributed by atoms with Crippen molar-refractivity contribution in [3.05, 3.63) is 35.6 Å². The number of hydrogen-bond acceptors (Lipinski definition) is 3. The van der Waals surface area contributed by atoms with Gasteiger partial charge in [-0.1, -0.05) is 12.1 Å². The Morgan fingerprint density at radius 3 is 2.33 bits per heavy atom. The molecule has 0 saturated carbocycles. The smallest absolute Gasteiger partial charge is 0.221 e. The number of hydrogen-bond donors (Lipinski definition) is 2. The van der Waals surface area contributed by atoms with Gasteiger partial charge in [0.15, 0.2) is 0 Å². The lowest BCUT2D eigenvalue weighted by Crippen LogP contribution is -2.32. The quantitative estimate of drug-likeness (QED) is 0.823. The highest BCUT2D eigenvalue weighted by Gasteiger charge is 2.19. The van der Waals surface area contributed by atoms with Crippen molar-refractivity contribution in [2.75, 3.05) is 13.3 Å². The zero-order valence-electron chi connectivity index (χ0n) is 10.1. The molecule has 0 fully saturated rings. The second kappa shape index (κ2) is 5.92. The summed E-state index contributed by atoms with van der Waals surface area (Å²) in [6.07, 6.45) is 0.961. The molecule has 7 heteroatoms. The molecule has 1 amide bonds. The Hall–Kier alpha value is -1.47. The largest absolute Gasteiger partial charge is 0.359 e. The van der Waals surface area contributed by atoms with E-state index < -0.39 is 21.9 Å². The molecule has 0 saturated heterocycles. The second-order valence-electron chi connectivity index (χ2n) is 3.87. The molecule has 18 heavy (non-hydrogen) atoms. The van der Waals surface area contributed by atoms with Gasteiger partial charge < -0.3 is 5.32 Å². The van der Waals surface area contributed by atoms with Crippen LogP contribution < -0.4 is 10.0 Å². The number of amides is 1. The topological polar surface area (TPSA) is 75.3 Å². The van der Waals surface area contributed by atoms with E-state index in [1.807, 2.05) is 0 Å². The molecule has 2 N–H and O–H groups in total. The van der Waals surface area contributed by atoms with Crippen LogP contribution >= 0.6 is 0 Å². The van der Waals surface area contributed by atoms with Crippen molar-refractivity contribution in [3.8, 4) is 0 Å². The SMILES string of the molecule is CNC(=O)C[C@@H](NS(C)(=O)=O)c1ccc(F)cc1. The Kier molecular flexibility index (Phi) is 4.80. The van der Waals surface area contributed by atoms with Gasteiger partial charge in [0, 0.05) is 13.5 Å². The van der Waals surface area contributed by atoms with E-state index in [9.17, 15) is 17.6 Å². The molecule has 1 aromatic rings. The minimum Gasteiger partial charge on any atom is -0.359 e. The lowest BCUT2D eigenvalue weighted by Gasteiger charge is -2.17. The summed E-state index contributed by atoms with van der Waals surface area (Å²) in [5.41, 5.74) is 0.533. The number of rotatable bonds is 5. The number of nitrogens with one attached hydrogen (secondary N) is 2. The van der Waals surface area contributed by atoms with Crippen molar-refractivity contribution in [2.24, 2.45) is 0 Å². The van der Waals surface area contributed by atoms with E-state index in [0.29, 0.717) is 5.56 Å². The number of benzene rings is 1. The zero-order chi connectivity index (χ0) is 13.8. The first-order chi connectivity index (χ1) is 8.31. The molecule has 0 unspecified atom stereocenters. The van der Waals surface area contributed by atoms with Crippen LogP contribution in [0.5, 0.6) is 0 Å². The Balaban J connectivity index is 2.96. The van der Waals surface area contributed by atoms with Crippen molar-refractivity contribution in [1.29, 1.82) is 0 Å². The summed E-state index contributed by atoms with van der Waals surface area (Å²) in [5.74, 6) is -0.725. The van der Waals surface area contributed by atoms with Crippen LogP contribution in [-0.4, -0.2) is 27.6 Å². The lowest BCUT2D eigenvalue weighted by atomic mass is 10.0. The average Bonchev–Trinajstić information content (AvgIpc) is 2.27. The Labute approximate surface area is 105 Å². The van der Waals surface area contributed by atoms with Crippen LogP contribution in [0.1, 0.15) is 18.0 Å². The fourth-order valence-electron chi connectivity index (χ4n) is 1.47. The van der Waals surface area contributed by atoms with Crippen LogP contribution in [0.25, 0.3) is 0 Å². The van der Waals surface area contributed by atoms with Crippen molar-refractivity contribution in [1.82, 2.24) is 10.0 Å². The van der Waals surface area contributed by atoms with E-state index in [4.69, 9.17) is 0 Å². The first-order valence-corrected chi connectivity index (χ1v) is 7.14. The summed E-state index contributed by atoms with van der Waals surface area (Å²) in [4.78, 5) is 11.3. The van der Waals surface area contributed by atoms with Gasteiger partial charge in [0.25, 0.3) is 0 Å². The normalized spacial score (nSPS) is 13.1. The first kappa shape index (κ1) is 14.6. The molecule has 1 atom stereocenters. The van der Waals surface area contributed by atoms with Crippen molar-refractivity contribution < 1.29 is 17.6 Å². The number of sulfonamides is 1. The monoisotopic (exact) mass is 274 g/mol. The van der Waals surface area contributed by atoms with Crippen LogP contribution in [0, 0.1) is 5.82 Å². The molecule has 100 valence electrons. The average molecular weight is 274 g/mol. The summed E-state index contributed by atoms with van der Waals surface area (Å²) in [6, 6.07) is 4.62. The molecule has 0 aliphatic heterocycles. The molecular formula is C11H15FN2O3S. The van der Waals surface area contributed by atoms with Crippen LogP contribution in [0.2, 0.25) is 0 Å². The van der Waals surface area contributed by atoms with Crippen molar-refractivity contribution >= 4 is 15.9 Å². The molecule has 5 nitrogen and oxygen atoms in total. The fraction of sp³-hybridized carbons (Fsp3) is 0.364. The second-order valence-corrected chi connectivity index (χ2v) is 5.65. The van der Waals surface area contributed by atoms with Gasteiger partial charge in [-0.15, -0.1) is 0 Å². The first-order valence-electron chi connectivity index (χ1n) is 5.25. The molecule has 0 spiro atoms. The molecule has 0 aromatic heterocycles. The highest BCUT2D eigenvalue weighted by molar-refractivity contribution is 7.88. The molecule has 0 heterocycles. The van der Waals surface area contributed by atoms with Crippen LogP contribution in [-0.2, 0) is 14.8 Å². The highest BCUT2D eigenvalue weighted by atomic mass is 32.2. The van der Waals surface area contributed by atoms with E-state index in [2.05, 4.69) is 10.0 Å². The summed E-state index contributed by atoms with van der Waals surface area (Å²) in [5, 5.41) is 2.41. The lowest BCUT2D eigenvalue weighted by molar-refractivity contribution is -0.121. The number of carbonyl (C=O) groups excluding carboxylic acids is 1. The van der Waals surface area contributed by atoms with Gasteiger partial charge in [0.1, 0.15) is 5.82 Å². The van der Waals surface area contributed by atoms with Gasteiger partial charge >= 0.3 is 0 Å². The number of carbonyl (C=O) groups is 1. The maximum Gasteiger partial charge on any atom is 0.221 e. The van der Waals surface area contributed by atoms with E-state index in [0.717, 1.165) is 6.26 Å².